The summed E-state index contributed by atoms with van der Waals surface area (Å²) in [5, 5.41) is 4.59. The van der Waals surface area contributed by atoms with Gasteiger partial charge in [0.1, 0.15) is 17.4 Å². The van der Waals surface area contributed by atoms with Crippen molar-refractivity contribution in [2.24, 2.45) is 0 Å². The van der Waals surface area contributed by atoms with E-state index in [4.69, 9.17) is 18.9 Å². The molecule has 0 bridgehead atoms. The van der Waals surface area contributed by atoms with Gasteiger partial charge in [0.2, 0.25) is 0 Å². The minimum Gasteiger partial charge on any atom is -0.493 e. The summed E-state index contributed by atoms with van der Waals surface area (Å²) in [7, 11) is 1.58. The number of aromatic nitrogens is 3. The summed E-state index contributed by atoms with van der Waals surface area (Å²) in [5.74, 6) is 1.21. The summed E-state index contributed by atoms with van der Waals surface area (Å²) < 4.78 is 52.1. The number of pyridine rings is 3. The topological polar surface area (TPSA) is 90.9 Å². The van der Waals surface area contributed by atoms with Crippen molar-refractivity contribution in [2.75, 3.05) is 51.9 Å². The fraction of sp³-hybridized carbons (Fsp3) is 0.216. The molecule has 3 aromatic heterocycles. The van der Waals surface area contributed by atoms with Gasteiger partial charge >= 0.3 is 0 Å². The summed E-state index contributed by atoms with van der Waals surface area (Å²) in [6.45, 7) is 4.87. The van der Waals surface area contributed by atoms with Crippen molar-refractivity contribution in [1.29, 1.82) is 0 Å². The number of ether oxygens (including phenoxy) is 4. The lowest BCUT2D eigenvalue weighted by Gasteiger charge is -2.26. The lowest BCUT2D eigenvalue weighted by atomic mass is 10.1. The van der Waals surface area contributed by atoms with Gasteiger partial charge in [-0.15, -0.1) is 0 Å². The van der Waals surface area contributed by atoms with E-state index in [1.54, 1.807) is 68.2 Å². The van der Waals surface area contributed by atoms with E-state index in [1.165, 1.54) is 18.2 Å². The molecule has 0 atom stereocenters. The van der Waals surface area contributed by atoms with Crippen molar-refractivity contribution in [3.8, 4) is 34.1 Å². The maximum absolute atomic E-state index is 15.5. The Morgan fingerprint density at radius 3 is 2.42 bits per heavy atom. The second-order valence-electron chi connectivity index (χ2n) is 11.3. The second-order valence-corrected chi connectivity index (χ2v) is 11.3. The normalized spacial score (nSPS) is 13.5. The third-order valence-electron chi connectivity index (χ3n) is 8.17. The molecule has 1 aliphatic heterocycles. The Morgan fingerprint density at radius 2 is 1.60 bits per heavy atom. The SMILES string of the molecule is COc1cc2c(Oc3ccc(Nc4nccc5ncc(-c6ccc(F)cc6)cc45)cc3F)ccnc2cc1OCCCN1CCOCC1. The van der Waals surface area contributed by atoms with Gasteiger partial charge in [-0.25, -0.2) is 13.8 Å². The zero-order valence-corrected chi connectivity index (χ0v) is 26.3. The number of nitrogens with one attached hydrogen (secondary N) is 1. The van der Waals surface area contributed by atoms with Gasteiger partial charge in [0.15, 0.2) is 23.1 Å². The molecule has 3 aromatic carbocycles. The molecule has 48 heavy (non-hydrogen) atoms. The highest BCUT2D eigenvalue weighted by molar-refractivity contribution is 5.93. The van der Waals surface area contributed by atoms with Crippen LogP contribution in [-0.2, 0) is 4.74 Å². The van der Waals surface area contributed by atoms with E-state index >= 15 is 4.39 Å². The molecule has 1 fully saturated rings. The smallest absolute Gasteiger partial charge is 0.167 e. The van der Waals surface area contributed by atoms with Crippen molar-refractivity contribution >= 4 is 33.3 Å². The Hall–Kier alpha value is -5.39. The highest BCUT2D eigenvalue weighted by atomic mass is 19.1. The van der Waals surface area contributed by atoms with Crippen LogP contribution in [0.2, 0.25) is 0 Å². The molecule has 0 spiro atoms. The summed E-state index contributed by atoms with van der Waals surface area (Å²) in [5.41, 5.74) is 3.43. The molecule has 9 nitrogen and oxygen atoms in total. The molecular formula is C37H33F2N5O4. The summed E-state index contributed by atoms with van der Waals surface area (Å²) in [4.78, 5) is 15.9. The number of hydrogen-bond donors (Lipinski definition) is 1. The van der Waals surface area contributed by atoms with E-state index in [1.807, 2.05) is 12.1 Å². The van der Waals surface area contributed by atoms with Crippen LogP contribution in [0.4, 0.5) is 20.3 Å². The molecule has 6 aromatic rings. The Bertz CT molecular complexity index is 2060. The van der Waals surface area contributed by atoms with Crippen molar-refractivity contribution in [1.82, 2.24) is 19.9 Å². The Kier molecular flexibility index (Phi) is 9.21. The van der Waals surface area contributed by atoms with E-state index < -0.39 is 5.82 Å². The molecule has 0 amide bonds. The van der Waals surface area contributed by atoms with E-state index in [-0.39, 0.29) is 11.6 Å². The first-order valence-electron chi connectivity index (χ1n) is 15.7. The van der Waals surface area contributed by atoms with Crippen LogP contribution in [0.1, 0.15) is 6.42 Å². The minimum absolute atomic E-state index is 0.0431. The number of rotatable bonds is 11. The molecule has 4 heterocycles. The van der Waals surface area contributed by atoms with Crippen LogP contribution < -0.4 is 19.5 Å². The minimum atomic E-state index is -0.567. The Labute approximate surface area is 276 Å². The molecule has 1 N–H and O–H groups in total. The summed E-state index contributed by atoms with van der Waals surface area (Å²) in [6, 6.07) is 19.8. The lowest BCUT2D eigenvalue weighted by molar-refractivity contribution is 0.0357. The van der Waals surface area contributed by atoms with Gasteiger partial charge in [-0.1, -0.05) is 12.1 Å². The van der Waals surface area contributed by atoms with Crippen LogP contribution in [0.15, 0.2) is 91.4 Å². The zero-order valence-electron chi connectivity index (χ0n) is 26.3. The molecule has 0 saturated carbocycles. The first-order valence-corrected chi connectivity index (χ1v) is 15.7. The van der Waals surface area contributed by atoms with E-state index in [9.17, 15) is 4.39 Å². The molecule has 0 unspecified atom stereocenters. The van der Waals surface area contributed by atoms with Crippen LogP contribution in [0.5, 0.6) is 23.0 Å². The number of fused-ring (bicyclic) bond motifs is 2. The molecule has 11 heteroatoms. The molecule has 7 rings (SSSR count). The third kappa shape index (κ3) is 6.97. The lowest BCUT2D eigenvalue weighted by Crippen LogP contribution is -2.37. The number of morpholine rings is 1. The van der Waals surface area contributed by atoms with Gasteiger partial charge in [0.05, 0.1) is 38.0 Å². The van der Waals surface area contributed by atoms with E-state index in [0.717, 1.165) is 55.8 Å². The van der Waals surface area contributed by atoms with Crippen LogP contribution in [0, 0.1) is 11.6 Å². The van der Waals surface area contributed by atoms with Crippen LogP contribution >= 0.6 is 0 Å². The predicted molar refractivity (Wildman–Crippen MR) is 180 cm³/mol. The highest BCUT2D eigenvalue weighted by Gasteiger charge is 2.16. The fourth-order valence-corrected chi connectivity index (χ4v) is 5.65. The van der Waals surface area contributed by atoms with Gasteiger partial charge in [0.25, 0.3) is 0 Å². The molecule has 1 saturated heterocycles. The molecular weight excluding hydrogens is 616 g/mol. The largest absolute Gasteiger partial charge is 0.493 e. The van der Waals surface area contributed by atoms with E-state index in [0.29, 0.717) is 51.8 Å². The van der Waals surface area contributed by atoms with Gasteiger partial charge < -0.3 is 24.3 Å². The Morgan fingerprint density at radius 1 is 0.771 bits per heavy atom. The average molecular weight is 650 g/mol. The Balaban J connectivity index is 1.07. The first kappa shape index (κ1) is 31.2. The van der Waals surface area contributed by atoms with E-state index in [2.05, 4.69) is 25.2 Å². The zero-order chi connectivity index (χ0) is 32.9. The van der Waals surface area contributed by atoms with Crippen LogP contribution in [0.25, 0.3) is 32.9 Å². The molecule has 0 radical (unpaired) electrons. The number of methoxy groups -OCH3 is 1. The fourth-order valence-electron chi connectivity index (χ4n) is 5.65. The first-order chi connectivity index (χ1) is 23.5. The van der Waals surface area contributed by atoms with Crippen LogP contribution in [-0.4, -0.2) is 66.4 Å². The monoisotopic (exact) mass is 649 g/mol. The van der Waals surface area contributed by atoms with Gasteiger partial charge in [-0.2, -0.15) is 0 Å². The standard InChI is InChI=1S/C37H33F2N5O4/c1-45-35-21-28-32(22-36(35)47-16-2-13-44-14-17-46-18-15-44)40-12-10-33(28)48-34-8-7-27(20-30(34)39)43-37-29-19-25(23-42-31(29)9-11-41-37)24-3-5-26(38)6-4-24/h3-12,19-23H,2,13-18H2,1H3,(H,41,43). The summed E-state index contributed by atoms with van der Waals surface area (Å²) in [6.07, 6.45) is 5.84. The third-order valence-corrected chi connectivity index (χ3v) is 8.17. The van der Waals surface area contributed by atoms with Gasteiger partial charge in [-0.05, 0) is 60.5 Å². The molecule has 1 aliphatic rings. The highest BCUT2D eigenvalue weighted by Crippen LogP contribution is 2.38. The molecule has 0 aliphatic carbocycles. The number of benzene rings is 3. The van der Waals surface area contributed by atoms with Crippen molar-refractivity contribution in [2.45, 2.75) is 6.42 Å². The van der Waals surface area contributed by atoms with Gasteiger partial charge in [0, 0.05) is 72.4 Å². The summed E-state index contributed by atoms with van der Waals surface area (Å²) >= 11 is 0. The number of anilines is 2. The number of halogens is 2. The van der Waals surface area contributed by atoms with Gasteiger partial charge in [-0.3, -0.25) is 14.9 Å². The quantitative estimate of drug-likeness (QED) is 0.141. The maximum atomic E-state index is 15.5. The van der Waals surface area contributed by atoms with Crippen LogP contribution in [0.3, 0.4) is 0 Å². The second kappa shape index (κ2) is 14.2. The average Bonchev–Trinajstić information content (AvgIpc) is 3.12. The van der Waals surface area contributed by atoms with Crippen molar-refractivity contribution in [3.05, 3.63) is 103 Å². The van der Waals surface area contributed by atoms with Crippen molar-refractivity contribution < 1.29 is 27.7 Å². The molecule has 244 valence electrons. The number of nitrogens with zero attached hydrogens (tertiary/aromatic N) is 4. The maximum Gasteiger partial charge on any atom is 0.167 e. The van der Waals surface area contributed by atoms with Crippen molar-refractivity contribution in [3.63, 3.8) is 0 Å². The number of hydrogen-bond acceptors (Lipinski definition) is 9. The predicted octanol–water partition coefficient (Wildman–Crippen LogP) is 7.77.